The molecule has 5 heterocycles. The van der Waals surface area contributed by atoms with Gasteiger partial charge in [-0.2, -0.15) is 5.26 Å². The minimum atomic E-state index is 0.347. The zero-order valence-electron chi connectivity index (χ0n) is 36.7. The first-order valence-corrected chi connectivity index (χ1v) is 23.0. The molecular weight excluding hydrogens is 845 g/mol. The Hall–Kier alpha value is -9.82. The molecular formula is C62H34N6O. The summed E-state index contributed by atoms with van der Waals surface area (Å²) >= 11 is 0. The van der Waals surface area contributed by atoms with Crippen LogP contribution in [0, 0.1) is 17.9 Å². The Morgan fingerprint density at radius 1 is 0.348 bits per heavy atom. The lowest BCUT2D eigenvalue weighted by molar-refractivity contribution is 0.671. The molecule has 7 nitrogen and oxygen atoms in total. The molecule has 0 spiro atoms. The van der Waals surface area contributed by atoms with E-state index in [-0.39, 0.29) is 0 Å². The summed E-state index contributed by atoms with van der Waals surface area (Å²) < 4.78 is 16.0. The van der Waals surface area contributed by atoms with Crippen molar-refractivity contribution in [3.63, 3.8) is 0 Å². The van der Waals surface area contributed by atoms with Crippen molar-refractivity contribution in [2.24, 2.45) is 0 Å². The van der Waals surface area contributed by atoms with Crippen LogP contribution in [0.15, 0.2) is 211 Å². The van der Waals surface area contributed by atoms with Crippen molar-refractivity contribution in [3.05, 3.63) is 223 Å². The maximum Gasteiger partial charge on any atom is 0.237 e. The first-order chi connectivity index (χ1) is 34.2. The summed E-state index contributed by atoms with van der Waals surface area (Å²) in [7, 11) is 0. The Morgan fingerprint density at radius 2 is 0.696 bits per heavy atom. The van der Waals surface area contributed by atoms with Gasteiger partial charge in [0.25, 0.3) is 0 Å². The molecule has 69 heavy (non-hydrogen) atoms. The van der Waals surface area contributed by atoms with Gasteiger partial charge >= 0.3 is 0 Å². The summed E-state index contributed by atoms with van der Waals surface area (Å²) in [6.45, 7) is 9.62. The summed E-state index contributed by atoms with van der Waals surface area (Å²) in [5.41, 5.74) is 12.0. The highest BCUT2D eigenvalue weighted by atomic mass is 16.3. The maximum absolute atomic E-state index is 12.4. The lowest BCUT2D eigenvalue weighted by Crippen LogP contribution is -2.14. The fourth-order valence-corrected chi connectivity index (χ4v) is 11.7. The molecule has 0 aliphatic carbocycles. The third kappa shape index (κ3) is 4.82. The van der Waals surface area contributed by atoms with E-state index in [0.29, 0.717) is 39.6 Å². The molecule has 7 heteroatoms. The largest absolute Gasteiger partial charge is 0.454 e. The van der Waals surface area contributed by atoms with Crippen LogP contribution in [0.1, 0.15) is 5.56 Å². The molecule has 0 atom stereocenters. The first-order valence-electron chi connectivity index (χ1n) is 23.0. The number of furan rings is 1. The van der Waals surface area contributed by atoms with Crippen LogP contribution in [0.5, 0.6) is 0 Å². The van der Waals surface area contributed by atoms with Crippen LogP contribution in [0.2, 0.25) is 0 Å². The number of nitrogens with zero attached hydrogens (tertiary/aromatic N) is 6. The highest BCUT2D eigenvalue weighted by molar-refractivity contribution is 6.23. The fourth-order valence-electron chi connectivity index (χ4n) is 11.7. The Kier molecular flexibility index (Phi) is 7.51. The lowest BCUT2D eigenvalue weighted by atomic mass is 10.0. The Bertz CT molecular complexity index is 4660. The van der Waals surface area contributed by atoms with Crippen LogP contribution in [0.25, 0.3) is 137 Å². The quantitative estimate of drug-likeness (QED) is 0.165. The van der Waals surface area contributed by atoms with E-state index in [1.54, 1.807) is 0 Å². The number of aromatic nitrogens is 4. The average molecular weight is 879 g/mol. The lowest BCUT2D eigenvalue weighted by Gasteiger charge is -2.27. The first kappa shape index (κ1) is 37.4. The molecule has 0 aliphatic rings. The van der Waals surface area contributed by atoms with E-state index in [4.69, 9.17) is 9.26 Å². The van der Waals surface area contributed by atoms with E-state index in [0.717, 1.165) is 104 Å². The normalized spacial score (nSPS) is 12.0. The predicted octanol–water partition coefficient (Wildman–Crippen LogP) is 16.4. The van der Waals surface area contributed by atoms with Crippen molar-refractivity contribution in [1.29, 1.82) is 5.26 Å². The van der Waals surface area contributed by atoms with E-state index in [1.165, 1.54) is 0 Å². The molecule has 0 N–H and O–H groups in total. The second kappa shape index (κ2) is 13.9. The number of para-hydroxylation sites is 8. The summed E-state index contributed by atoms with van der Waals surface area (Å²) in [6.07, 6.45) is 0. The molecule has 15 aromatic rings. The molecule has 0 amide bonds. The van der Waals surface area contributed by atoms with Crippen molar-refractivity contribution in [2.45, 2.75) is 0 Å². The van der Waals surface area contributed by atoms with Crippen LogP contribution in [-0.2, 0) is 0 Å². The molecule has 0 aliphatic heterocycles. The second-order valence-electron chi connectivity index (χ2n) is 17.7. The number of nitriles is 1. The predicted molar refractivity (Wildman–Crippen MR) is 282 cm³/mol. The number of rotatable bonds is 4. The fraction of sp³-hybridized carbons (Fsp3) is 0. The molecule has 318 valence electrons. The maximum atomic E-state index is 12.4. The van der Waals surface area contributed by atoms with Crippen molar-refractivity contribution < 1.29 is 4.42 Å². The molecule has 0 unspecified atom stereocenters. The van der Waals surface area contributed by atoms with Gasteiger partial charge < -0.3 is 22.7 Å². The van der Waals surface area contributed by atoms with Crippen LogP contribution in [0.4, 0.5) is 5.69 Å². The third-order valence-corrected chi connectivity index (χ3v) is 14.4. The molecule has 0 saturated carbocycles. The minimum Gasteiger partial charge on any atom is -0.454 e. The van der Waals surface area contributed by atoms with Gasteiger partial charge in [-0.25, -0.2) is 4.85 Å². The summed E-state index contributed by atoms with van der Waals surface area (Å²) in [5.74, 6) is 0. The van der Waals surface area contributed by atoms with Crippen LogP contribution >= 0.6 is 0 Å². The van der Waals surface area contributed by atoms with Crippen molar-refractivity contribution in [3.8, 4) is 28.8 Å². The molecule has 0 saturated heterocycles. The van der Waals surface area contributed by atoms with Crippen LogP contribution in [0.3, 0.4) is 0 Å². The number of benzene rings is 10. The highest BCUT2D eigenvalue weighted by Gasteiger charge is 2.35. The SMILES string of the molecule is [C-]#[N+]c1c(-n2c3ccccc3c3ccccc32)c(C#N)c(-n2c3ccccc3c3ccc4c5ccccc5oc4c32)c(-n2c3ccccc3c3ccccc32)c1-n1c2ccccc2c2ccccc21. The van der Waals surface area contributed by atoms with Gasteiger partial charge in [0, 0.05) is 53.9 Å². The molecule has 10 aromatic carbocycles. The molecule has 15 rings (SSSR count). The van der Waals surface area contributed by atoms with Gasteiger partial charge in [0.15, 0.2) is 5.58 Å². The summed E-state index contributed by atoms with van der Waals surface area (Å²) in [4.78, 5) is 4.69. The average Bonchev–Trinajstić information content (AvgIpc) is 4.21. The Balaban J connectivity index is 1.31. The van der Waals surface area contributed by atoms with Gasteiger partial charge in [-0.3, -0.25) is 0 Å². The van der Waals surface area contributed by atoms with Gasteiger partial charge in [0.2, 0.25) is 5.69 Å². The van der Waals surface area contributed by atoms with E-state index in [2.05, 4.69) is 200 Å². The van der Waals surface area contributed by atoms with E-state index in [9.17, 15) is 11.8 Å². The van der Waals surface area contributed by atoms with E-state index in [1.807, 2.05) is 30.3 Å². The molecule has 0 bridgehead atoms. The third-order valence-electron chi connectivity index (χ3n) is 14.4. The topological polar surface area (TPSA) is 61.0 Å². The van der Waals surface area contributed by atoms with Crippen LogP contribution < -0.4 is 0 Å². The standard InChI is InChI=1S/C62H34N6O/c1-64-56-57(65-48-26-10-2-18-37(48)38-19-3-11-27-49(38)65)47(36-63)58(68-54-32-16-8-24-43(54)45-34-35-46-44-25-9-17-33-55(44)69-62(46)59(45)68)61(67-52-30-14-6-22-41(52)42-23-7-15-31-53(42)67)60(56)66-50-28-12-4-20-39(50)40-21-5-13-29-51(40)66/h2-35H. The van der Waals surface area contributed by atoms with Gasteiger partial charge in [0.05, 0.1) is 79.0 Å². The monoisotopic (exact) mass is 878 g/mol. The van der Waals surface area contributed by atoms with Crippen LogP contribution in [-0.4, -0.2) is 18.3 Å². The Morgan fingerprint density at radius 3 is 1.13 bits per heavy atom. The molecule has 0 fully saturated rings. The van der Waals surface area contributed by atoms with Gasteiger partial charge in [-0.1, -0.05) is 152 Å². The smallest absolute Gasteiger partial charge is 0.237 e. The molecule has 5 aromatic heterocycles. The number of hydrogen-bond acceptors (Lipinski definition) is 2. The number of fused-ring (bicyclic) bond motifs is 16. The van der Waals surface area contributed by atoms with Gasteiger partial charge in [-0.05, 0) is 54.6 Å². The Labute approximate surface area is 393 Å². The zero-order valence-corrected chi connectivity index (χ0v) is 36.7. The zero-order chi connectivity index (χ0) is 45.5. The van der Waals surface area contributed by atoms with Gasteiger partial charge in [0.1, 0.15) is 11.7 Å². The second-order valence-corrected chi connectivity index (χ2v) is 17.7. The minimum absolute atomic E-state index is 0.347. The number of hydrogen-bond donors (Lipinski definition) is 0. The van der Waals surface area contributed by atoms with Crippen molar-refractivity contribution in [2.75, 3.05) is 0 Å². The van der Waals surface area contributed by atoms with E-state index >= 15 is 0 Å². The van der Waals surface area contributed by atoms with E-state index < -0.39 is 0 Å². The summed E-state index contributed by atoms with van der Waals surface area (Å²) in [5, 5.41) is 22.7. The van der Waals surface area contributed by atoms with Crippen molar-refractivity contribution >= 4 is 115 Å². The molecule has 0 radical (unpaired) electrons. The van der Waals surface area contributed by atoms with Crippen molar-refractivity contribution in [1.82, 2.24) is 18.3 Å². The summed E-state index contributed by atoms with van der Waals surface area (Å²) in [6, 6.07) is 74.3. The van der Waals surface area contributed by atoms with Gasteiger partial charge in [-0.15, -0.1) is 0 Å². The highest BCUT2D eigenvalue weighted by Crippen LogP contribution is 2.52.